The molecule has 1 aromatic carbocycles. The van der Waals surface area contributed by atoms with Crippen molar-refractivity contribution in [2.45, 2.75) is 0 Å². The summed E-state index contributed by atoms with van der Waals surface area (Å²) < 4.78 is 1.73. The summed E-state index contributed by atoms with van der Waals surface area (Å²) in [5.74, 6) is 0. The fourth-order valence-corrected chi connectivity index (χ4v) is 1.72. The van der Waals surface area contributed by atoms with Gasteiger partial charge >= 0.3 is 0 Å². The molecule has 0 radical (unpaired) electrons. The van der Waals surface area contributed by atoms with E-state index in [1.807, 2.05) is 13.2 Å². The van der Waals surface area contributed by atoms with Crippen molar-refractivity contribution in [2.75, 3.05) is 5.73 Å². The predicted molar refractivity (Wildman–Crippen MR) is 60.2 cm³/mol. The van der Waals surface area contributed by atoms with Crippen LogP contribution in [0.1, 0.15) is 5.56 Å². The summed E-state index contributed by atoms with van der Waals surface area (Å²) in [5.41, 5.74) is 8.07. The number of hydrogen-bond acceptors (Lipinski definition) is 2. The molecule has 0 bridgehead atoms. The lowest BCUT2D eigenvalue weighted by Crippen LogP contribution is -1.91. The Kier molecular flexibility index (Phi) is 1.97. The van der Waals surface area contributed by atoms with E-state index in [1.165, 1.54) is 0 Å². The largest absolute Gasteiger partial charge is 0.397 e. The number of aryl methyl sites for hydroxylation is 1. The van der Waals surface area contributed by atoms with Gasteiger partial charge in [0.15, 0.2) is 0 Å². The zero-order chi connectivity index (χ0) is 10.3. The highest BCUT2D eigenvalue weighted by Crippen LogP contribution is 2.31. The Morgan fingerprint density at radius 3 is 3.00 bits per heavy atom. The summed E-state index contributed by atoms with van der Waals surface area (Å²) in [4.78, 5) is 0. The van der Waals surface area contributed by atoms with E-state index < -0.39 is 0 Å². The van der Waals surface area contributed by atoms with Gasteiger partial charge < -0.3 is 5.73 Å². The molecule has 2 aromatic rings. The summed E-state index contributed by atoms with van der Waals surface area (Å²) in [6.07, 6.45) is 3.60. The second-order valence-electron chi connectivity index (χ2n) is 3.13. The number of fused-ring (bicyclic) bond motifs is 1. The lowest BCUT2D eigenvalue weighted by atomic mass is 10.1. The van der Waals surface area contributed by atoms with Crippen LogP contribution in [0.3, 0.4) is 0 Å². The third-order valence-electron chi connectivity index (χ3n) is 2.16. The molecule has 2 N–H and O–H groups in total. The molecule has 0 unspecified atom stereocenters. The third kappa shape index (κ3) is 1.17. The van der Waals surface area contributed by atoms with Crippen molar-refractivity contribution in [1.82, 2.24) is 9.78 Å². The second kappa shape index (κ2) is 3.03. The molecule has 4 heteroatoms. The highest BCUT2D eigenvalue weighted by molar-refractivity contribution is 6.34. The van der Waals surface area contributed by atoms with E-state index >= 15 is 0 Å². The topological polar surface area (TPSA) is 43.8 Å². The van der Waals surface area contributed by atoms with Gasteiger partial charge in [-0.1, -0.05) is 24.3 Å². The monoisotopic (exact) mass is 207 g/mol. The number of aromatic nitrogens is 2. The molecule has 0 aliphatic heterocycles. The van der Waals surface area contributed by atoms with Gasteiger partial charge in [0.05, 0.1) is 16.2 Å². The molecule has 72 valence electrons. The summed E-state index contributed by atoms with van der Waals surface area (Å²) in [6, 6.07) is 1.76. The van der Waals surface area contributed by atoms with Crippen molar-refractivity contribution in [1.29, 1.82) is 0 Å². The van der Waals surface area contributed by atoms with Crippen LogP contribution in [-0.2, 0) is 7.05 Å². The Morgan fingerprint density at radius 2 is 2.36 bits per heavy atom. The Balaban J connectivity index is 2.94. The number of benzene rings is 1. The molecule has 0 saturated heterocycles. The predicted octanol–water partition coefficient (Wildman–Crippen LogP) is 2.45. The van der Waals surface area contributed by atoms with Crippen molar-refractivity contribution in [2.24, 2.45) is 7.05 Å². The van der Waals surface area contributed by atoms with E-state index in [-0.39, 0.29) is 0 Å². The van der Waals surface area contributed by atoms with Crippen LogP contribution in [0.15, 0.2) is 18.8 Å². The van der Waals surface area contributed by atoms with Crippen LogP contribution in [0.5, 0.6) is 0 Å². The normalized spacial score (nSPS) is 10.7. The van der Waals surface area contributed by atoms with Crippen LogP contribution in [0.2, 0.25) is 5.02 Å². The number of nitrogen functional groups attached to an aromatic ring is 1. The van der Waals surface area contributed by atoms with Crippen molar-refractivity contribution in [3.05, 3.63) is 29.4 Å². The van der Waals surface area contributed by atoms with Gasteiger partial charge in [0.2, 0.25) is 0 Å². The highest BCUT2D eigenvalue weighted by atomic mass is 35.5. The number of hydrogen-bond donors (Lipinski definition) is 1. The maximum absolute atomic E-state index is 5.96. The minimum absolute atomic E-state index is 0.520. The zero-order valence-corrected chi connectivity index (χ0v) is 8.54. The first kappa shape index (κ1) is 9.09. The first-order valence-electron chi connectivity index (χ1n) is 4.17. The molecule has 0 fully saturated rings. The van der Waals surface area contributed by atoms with Gasteiger partial charge in [0, 0.05) is 24.2 Å². The second-order valence-corrected chi connectivity index (χ2v) is 3.53. The van der Waals surface area contributed by atoms with Crippen LogP contribution < -0.4 is 5.73 Å². The quantitative estimate of drug-likeness (QED) is 0.730. The molecule has 0 amide bonds. The van der Waals surface area contributed by atoms with Crippen LogP contribution in [0, 0.1) is 0 Å². The van der Waals surface area contributed by atoms with Gasteiger partial charge in [0.1, 0.15) is 0 Å². The molecule has 1 aromatic heterocycles. The van der Waals surface area contributed by atoms with Crippen LogP contribution in [0.4, 0.5) is 5.69 Å². The SMILES string of the molecule is C=Cc1c(N)c(Cl)cc2nn(C)cc12. The lowest BCUT2D eigenvalue weighted by molar-refractivity contribution is 0.780. The van der Waals surface area contributed by atoms with Gasteiger partial charge in [-0.25, -0.2) is 0 Å². The van der Waals surface area contributed by atoms with E-state index in [2.05, 4.69) is 11.7 Å². The smallest absolute Gasteiger partial charge is 0.0945 e. The average molecular weight is 208 g/mol. The number of nitrogens with two attached hydrogens (primary N) is 1. The Hall–Kier alpha value is -1.48. The molecule has 14 heavy (non-hydrogen) atoms. The number of anilines is 1. The van der Waals surface area contributed by atoms with Gasteiger partial charge in [-0.3, -0.25) is 4.68 Å². The molecule has 1 heterocycles. The minimum atomic E-state index is 0.520. The number of halogens is 1. The van der Waals surface area contributed by atoms with Gasteiger partial charge in [-0.05, 0) is 6.07 Å². The maximum Gasteiger partial charge on any atom is 0.0945 e. The first-order chi connectivity index (χ1) is 6.63. The fourth-order valence-electron chi connectivity index (χ4n) is 1.51. The molecule has 2 rings (SSSR count). The van der Waals surface area contributed by atoms with Crippen LogP contribution in [0.25, 0.3) is 17.0 Å². The van der Waals surface area contributed by atoms with Crippen molar-refractivity contribution < 1.29 is 0 Å². The minimum Gasteiger partial charge on any atom is -0.397 e. The lowest BCUT2D eigenvalue weighted by Gasteiger charge is -2.03. The molecule has 0 spiro atoms. The third-order valence-corrected chi connectivity index (χ3v) is 2.48. The van der Waals surface area contributed by atoms with Crippen molar-refractivity contribution in [3.8, 4) is 0 Å². The standard InChI is InChI=1S/C10H10ClN3/c1-3-6-7-5-14(2)13-9(7)4-8(11)10(6)12/h3-5H,1,12H2,2H3. The average Bonchev–Trinajstić information content (AvgIpc) is 2.47. The van der Waals surface area contributed by atoms with Crippen LogP contribution >= 0.6 is 11.6 Å². The summed E-state index contributed by atoms with van der Waals surface area (Å²) >= 11 is 5.96. The van der Waals surface area contributed by atoms with E-state index in [0.29, 0.717) is 10.7 Å². The Morgan fingerprint density at radius 1 is 1.64 bits per heavy atom. The number of nitrogens with zero attached hydrogens (tertiary/aromatic N) is 2. The molecule has 0 aliphatic carbocycles. The summed E-state index contributed by atoms with van der Waals surface area (Å²) in [7, 11) is 1.86. The maximum atomic E-state index is 5.96. The van der Waals surface area contributed by atoms with E-state index in [0.717, 1.165) is 16.5 Å². The fraction of sp³-hybridized carbons (Fsp3) is 0.100. The summed E-state index contributed by atoms with van der Waals surface area (Å²) in [5, 5.41) is 5.75. The highest BCUT2D eigenvalue weighted by Gasteiger charge is 2.09. The Labute approximate surface area is 86.8 Å². The Bertz CT molecular complexity index is 514. The first-order valence-corrected chi connectivity index (χ1v) is 4.55. The van der Waals surface area contributed by atoms with Crippen LogP contribution in [-0.4, -0.2) is 9.78 Å². The van der Waals surface area contributed by atoms with Crippen molar-refractivity contribution in [3.63, 3.8) is 0 Å². The molecule has 0 aliphatic rings. The van der Waals surface area contributed by atoms with Gasteiger partial charge in [0.25, 0.3) is 0 Å². The van der Waals surface area contributed by atoms with E-state index in [4.69, 9.17) is 17.3 Å². The zero-order valence-electron chi connectivity index (χ0n) is 7.79. The van der Waals surface area contributed by atoms with Gasteiger partial charge in [-0.15, -0.1) is 0 Å². The van der Waals surface area contributed by atoms with Gasteiger partial charge in [-0.2, -0.15) is 5.10 Å². The molecule has 0 atom stereocenters. The molecular formula is C10H10ClN3. The molecular weight excluding hydrogens is 198 g/mol. The molecule has 0 saturated carbocycles. The van der Waals surface area contributed by atoms with E-state index in [9.17, 15) is 0 Å². The van der Waals surface area contributed by atoms with Crippen molar-refractivity contribution >= 4 is 34.3 Å². The van der Waals surface area contributed by atoms with E-state index in [1.54, 1.807) is 16.8 Å². The number of rotatable bonds is 1. The summed E-state index contributed by atoms with van der Waals surface area (Å²) in [6.45, 7) is 3.72. The molecule has 3 nitrogen and oxygen atoms in total.